The standard InChI is InChI=1S/C9H15NO/c1-7-5-6-9(11-7)8(2)10(3)4/h5-6,8H,1-4H3. The first kappa shape index (κ1) is 8.34. The van der Waals surface area contributed by atoms with Gasteiger partial charge in [-0.05, 0) is 40.1 Å². The highest BCUT2D eigenvalue weighted by molar-refractivity contribution is 5.08. The zero-order valence-corrected chi connectivity index (χ0v) is 7.59. The number of rotatable bonds is 2. The minimum absolute atomic E-state index is 0.365. The van der Waals surface area contributed by atoms with E-state index < -0.39 is 0 Å². The molecule has 11 heavy (non-hydrogen) atoms. The third kappa shape index (κ3) is 1.84. The molecule has 1 atom stereocenters. The fourth-order valence-corrected chi connectivity index (χ4v) is 0.932. The molecule has 0 aliphatic heterocycles. The fourth-order valence-electron chi connectivity index (χ4n) is 0.932. The Kier molecular flexibility index (Phi) is 2.35. The van der Waals surface area contributed by atoms with E-state index in [1.807, 2.05) is 33.2 Å². The van der Waals surface area contributed by atoms with Crippen molar-refractivity contribution in [3.63, 3.8) is 0 Å². The summed E-state index contributed by atoms with van der Waals surface area (Å²) in [7, 11) is 4.09. The van der Waals surface area contributed by atoms with Gasteiger partial charge in [-0.25, -0.2) is 0 Å². The molecule has 0 aliphatic rings. The summed E-state index contributed by atoms with van der Waals surface area (Å²) >= 11 is 0. The second-order valence-corrected chi connectivity index (χ2v) is 3.09. The highest BCUT2D eigenvalue weighted by atomic mass is 16.3. The maximum atomic E-state index is 5.46. The van der Waals surface area contributed by atoms with Gasteiger partial charge >= 0.3 is 0 Å². The Labute approximate surface area is 67.8 Å². The third-order valence-corrected chi connectivity index (χ3v) is 1.95. The van der Waals surface area contributed by atoms with Crippen LogP contribution in [-0.4, -0.2) is 19.0 Å². The molecule has 1 aromatic rings. The van der Waals surface area contributed by atoms with E-state index >= 15 is 0 Å². The summed E-state index contributed by atoms with van der Waals surface area (Å²) < 4.78 is 5.46. The second-order valence-electron chi connectivity index (χ2n) is 3.09. The number of aryl methyl sites for hydroxylation is 1. The van der Waals surface area contributed by atoms with E-state index in [2.05, 4.69) is 11.8 Å². The first-order valence-electron chi connectivity index (χ1n) is 3.84. The maximum absolute atomic E-state index is 5.46. The topological polar surface area (TPSA) is 16.4 Å². The predicted molar refractivity (Wildman–Crippen MR) is 45.5 cm³/mol. The van der Waals surface area contributed by atoms with Gasteiger partial charge in [0.15, 0.2) is 0 Å². The van der Waals surface area contributed by atoms with Gasteiger partial charge in [0.25, 0.3) is 0 Å². The molecule has 0 bridgehead atoms. The summed E-state index contributed by atoms with van der Waals surface area (Å²) in [5.41, 5.74) is 0. The van der Waals surface area contributed by atoms with E-state index in [1.165, 1.54) is 0 Å². The minimum atomic E-state index is 0.365. The van der Waals surface area contributed by atoms with Gasteiger partial charge in [0.2, 0.25) is 0 Å². The van der Waals surface area contributed by atoms with E-state index in [-0.39, 0.29) is 0 Å². The summed E-state index contributed by atoms with van der Waals surface area (Å²) in [6.45, 7) is 4.09. The van der Waals surface area contributed by atoms with Crippen molar-refractivity contribution < 1.29 is 4.42 Å². The largest absolute Gasteiger partial charge is 0.465 e. The Balaban J connectivity index is 2.76. The predicted octanol–water partition coefficient (Wildman–Crippen LogP) is 2.21. The van der Waals surface area contributed by atoms with Gasteiger partial charge in [0.05, 0.1) is 6.04 Å². The maximum Gasteiger partial charge on any atom is 0.120 e. The molecule has 0 spiro atoms. The summed E-state index contributed by atoms with van der Waals surface area (Å²) in [5.74, 6) is 2.02. The summed E-state index contributed by atoms with van der Waals surface area (Å²) in [5, 5.41) is 0. The summed E-state index contributed by atoms with van der Waals surface area (Å²) in [4.78, 5) is 2.12. The lowest BCUT2D eigenvalue weighted by molar-refractivity contribution is 0.274. The molecule has 0 aliphatic carbocycles. The van der Waals surface area contributed by atoms with Crippen molar-refractivity contribution in [3.8, 4) is 0 Å². The van der Waals surface area contributed by atoms with Crippen LogP contribution in [0.4, 0.5) is 0 Å². The van der Waals surface area contributed by atoms with Crippen LogP contribution < -0.4 is 0 Å². The highest BCUT2D eigenvalue weighted by Gasteiger charge is 2.10. The van der Waals surface area contributed by atoms with Gasteiger partial charge in [-0.1, -0.05) is 0 Å². The van der Waals surface area contributed by atoms with Crippen LogP contribution in [0.1, 0.15) is 24.5 Å². The lowest BCUT2D eigenvalue weighted by atomic mass is 10.2. The first-order chi connectivity index (χ1) is 5.11. The molecule has 0 fully saturated rings. The molecule has 62 valence electrons. The fraction of sp³-hybridized carbons (Fsp3) is 0.556. The van der Waals surface area contributed by atoms with Crippen LogP contribution in [0.25, 0.3) is 0 Å². The van der Waals surface area contributed by atoms with Gasteiger partial charge in [0.1, 0.15) is 11.5 Å². The smallest absolute Gasteiger partial charge is 0.120 e. The third-order valence-electron chi connectivity index (χ3n) is 1.95. The monoisotopic (exact) mass is 153 g/mol. The van der Waals surface area contributed by atoms with Crippen molar-refractivity contribution >= 4 is 0 Å². The Morgan fingerprint density at radius 2 is 2.00 bits per heavy atom. The van der Waals surface area contributed by atoms with Crippen LogP contribution >= 0.6 is 0 Å². The van der Waals surface area contributed by atoms with Crippen molar-refractivity contribution in [2.75, 3.05) is 14.1 Å². The Bertz CT molecular complexity index is 227. The zero-order valence-electron chi connectivity index (χ0n) is 7.59. The lowest BCUT2D eigenvalue weighted by Gasteiger charge is -2.16. The number of hydrogen-bond acceptors (Lipinski definition) is 2. The van der Waals surface area contributed by atoms with E-state index in [1.54, 1.807) is 0 Å². The van der Waals surface area contributed by atoms with Crippen LogP contribution in [-0.2, 0) is 0 Å². The molecule has 0 amide bonds. The van der Waals surface area contributed by atoms with Crippen LogP contribution in [0.2, 0.25) is 0 Å². The quantitative estimate of drug-likeness (QED) is 0.647. The first-order valence-corrected chi connectivity index (χ1v) is 3.84. The Morgan fingerprint density at radius 1 is 1.36 bits per heavy atom. The highest BCUT2D eigenvalue weighted by Crippen LogP contribution is 2.19. The molecule has 0 saturated heterocycles. The van der Waals surface area contributed by atoms with Crippen LogP contribution in [0.15, 0.2) is 16.5 Å². The van der Waals surface area contributed by atoms with Crippen molar-refractivity contribution in [3.05, 3.63) is 23.7 Å². The average molecular weight is 153 g/mol. The molecule has 1 rings (SSSR count). The average Bonchev–Trinajstić information content (AvgIpc) is 2.34. The second kappa shape index (κ2) is 3.09. The number of furan rings is 1. The van der Waals surface area contributed by atoms with Crippen LogP contribution in [0.5, 0.6) is 0 Å². The van der Waals surface area contributed by atoms with Gasteiger partial charge in [-0.3, -0.25) is 4.90 Å². The Morgan fingerprint density at radius 3 is 2.36 bits per heavy atom. The molecule has 0 N–H and O–H groups in total. The van der Waals surface area contributed by atoms with Crippen LogP contribution in [0.3, 0.4) is 0 Å². The molecule has 2 nitrogen and oxygen atoms in total. The molecule has 1 aromatic heterocycles. The molecule has 0 aromatic carbocycles. The summed E-state index contributed by atoms with van der Waals surface area (Å²) in [6.07, 6.45) is 0. The van der Waals surface area contributed by atoms with Crippen LogP contribution in [0, 0.1) is 6.92 Å². The Hall–Kier alpha value is -0.760. The van der Waals surface area contributed by atoms with Crippen molar-refractivity contribution in [1.82, 2.24) is 4.90 Å². The van der Waals surface area contributed by atoms with Gasteiger partial charge < -0.3 is 4.42 Å². The van der Waals surface area contributed by atoms with E-state index in [0.717, 1.165) is 11.5 Å². The normalized spacial score (nSPS) is 13.9. The molecule has 0 radical (unpaired) electrons. The SMILES string of the molecule is Cc1ccc(C(C)N(C)C)o1. The lowest BCUT2D eigenvalue weighted by Crippen LogP contribution is -2.15. The van der Waals surface area contributed by atoms with Gasteiger partial charge in [-0.2, -0.15) is 0 Å². The summed E-state index contributed by atoms with van der Waals surface area (Å²) in [6, 6.07) is 4.39. The zero-order chi connectivity index (χ0) is 8.43. The molecular formula is C9H15NO. The molecular weight excluding hydrogens is 138 g/mol. The number of nitrogens with zero attached hydrogens (tertiary/aromatic N) is 1. The van der Waals surface area contributed by atoms with E-state index in [4.69, 9.17) is 4.42 Å². The van der Waals surface area contributed by atoms with E-state index in [9.17, 15) is 0 Å². The molecule has 2 heteroatoms. The van der Waals surface area contributed by atoms with Gasteiger partial charge in [0, 0.05) is 0 Å². The van der Waals surface area contributed by atoms with Gasteiger partial charge in [-0.15, -0.1) is 0 Å². The molecule has 1 unspecified atom stereocenters. The van der Waals surface area contributed by atoms with E-state index in [0.29, 0.717) is 6.04 Å². The van der Waals surface area contributed by atoms with Crippen molar-refractivity contribution in [2.24, 2.45) is 0 Å². The molecule has 0 saturated carbocycles. The van der Waals surface area contributed by atoms with Crippen molar-refractivity contribution in [2.45, 2.75) is 19.9 Å². The number of hydrogen-bond donors (Lipinski definition) is 0. The molecule has 1 heterocycles. The van der Waals surface area contributed by atoms with Crippen molar-refractivity contribution in [1.29, 1.82) is 0 Å². The minimum Gasteiger partial charge on any atom is -0.465 e.